The summed E-state index contributed by atoms with van der Waals surface area (Å²) in [5.74, 6) is -0.825. The summed E-state index contributed by atoms with van der Waals surface area (Å²) in [6.07, 6.45) is -7.00. The zero-order chi connectivity index (χ0) is 26.7. The van der Waals surface area contributed by atoms with E-state index in [-0.39, 0.29) is 37.6 Å². The molecule has 1 aliphatic rings. The van der Waals surface area contributed by atoms with Crippen molar-refractivity contribution < 1.29 is 53.8 Å². The van der Waals surface area contributed by atoms with E-state index in [9.17, 15) is 34.8 Å². The first kappa shape index (κ1) is 28.9. The Kier molecular flexibility index (Phi) is 11.5. The molecule has 0 aliphatic carbocycles. The maximum absolute atomic E-state index is 12.2. The number of alkyl carbamates (subject to hydrolysis) is 1. The molecular formula is C23H31N2O11+. The van der Waals surface area contributed by atoms with Gasteiger partial charge in [0.2, 0.25) is 12.1 Å². The van der Waals surface area contributed by atoms with Gasteiger partial charge in [0.1, 0.15) is 42.8 Å². The number of carbonyl (C=O) groups is 3. The Labute approximate surface area is 207 Å². The molecule has 1 amide bonds. The SMILES string of the molecule is C=[N+]=CC(=O)CC[C@H](NC(=O)OCc1ccc(O[C@@H]2O[C@H](CO)[C@@H](O)[C@H](O)[C@H]2O)cc1)C(=O)OCC. The van der Waals surface area contributed by atoms with E-state index in [1.165, 1.54) is 12.1 Å². The Morgan fingerprint density at radius 3 is 2.44 bits per heavy atom. The second-order valence-electron chi connectivity index (χ2n) is 7.80. The van der Waals surface area contributed by atoms with E-state index in [0.29, 0.717) is 5.56 Å². The van der Waals surface area contributed by atoms with Crippen LogP contribution in [0.25, 0.3) is 0 Å². The third kappa shape index (κ3) is 8.41. The first-order valence-electron chi connectivity index (χ1n) is 11.2. The van der Waals surface area contributed by atoms with Crippen LogP contribution in [0.15, 0.2) is 24.3 Å². The number of nitrogens with one attached hydrogen (secondary N) is 1. The van der Waals surface area contributed by atoms with Crippen molar-refractivity contribution in [1.82, 2.24) is 9.98 Å². The van der Waals surface area contributed by atoms with Crippen LogP contribution in [0.2, 0.25) is 0 Å². The fourth-order valence-corrected chi connectivity index (χ4v) is 3.24. The van der Waals surface area contributed by atoms with Crippen LogP contribution < -0.4 is 14.7 Å². The van der Waals surface area contributed by atoms with Gasteiger partial charge in [-0.3, -0.25) is 4.79 Å². The number of nitrogens with zero attached hydrogens (tertiary/aromatic N) is 1. The summed E-state index contributed by atoms with van der Waals surface area (Å²) in [4.78, 5) is 35.9. The lowest BCUT2D eigenvalue weighted by Crippen LogP contribution is -2.60. The van der Waals surface area contributed by atoms with Gasteiger partial charge in [0.05, 0.1) is 13.2 Å². The number of carbonyl (C=O) groups excluding carboxylic acids is 3. The zero-order valence-electron chi connectivity index (χ0n) is 19.7. The van der Waals surface area contributed by atoms with Gasteiger partial charge in [0.15, 0.2) is 0 Å². The van der Waals surface area contributed by atoms with Crippen LogP contribution in [0.3, 0.4) is 0 Å². The van der Waals surface area contributed by atoms with Crippen molar-refractivity contribution in [3.8, 4) is 5.75 Å². The van der Waals surface area contributed by atoms with Crippen LogP contribution in [0, 0.1) is 0 Å². The maximum atomic E-state index is 12.2. The van der Waals surface area contributed by atoms with E-state index >= 15 is 0 Å². The third-order valence-electron chi connectivity index (χ3n) is 5.17. The highest BCUT2D eigenvalue weighted by Gasteiger charge is 2.44. The largest absolute Gasteiger partial charge is 0.464 e. The van der Waals surface area contributed by atoms with Gasteiger partial charge in [-0.05, 0) is 31.0 Å². The molecule has 1 heterocycles. The monoisotopic (exact) mass is 511 g/mol. The summed E-state index contributed by atoms with van der Waals surface area (Å²) < 4.78 is 24.2. The first-order chi connectivity index (χ1) is 17.2. The molecule has 1 saturated heterocycles. The molecular weight excluding hydrogens is 480 g/mol. The van der Waals surface area contributed by atoms with Crippen molar-refractivity contribution in [3.05, 3.63) is 29.8 Å². The predicted molar refractivity (Wildman–Crippen MR) is 124 cm³/mol. The van der Waals surface area contributed by atoms with Gasteiger partial charge in [-0.1, -0.05) is 12.1 Å². The zero-order valence-corrected chi connectivity index (χ0v) is 19.7. The maximum Gasteiger partial charge on any atom is 0.408 e. The van der Waals surface area contributed by atoms with Crippen LogP contribution in [-0.4, -0.2) is 101 Å². The number of aliphatic hydroxyl groups excluding tert-OH is 4. The number of ether oxygens (including phenoxy) is 4. The Balaban J connectivity index is 1.89. The minimum Gasteiger partial charge on any atom is -0.464 e. The number of hydrogen-bond acceptors (Lipinski definition) is 11. The van der Waals surface area contributed by atoms with E-state index in [2.05, 4.69) is 16.7 Å². The van der Waals surface area contributed by atoms with Crippen LogP contribution in [0.4, 0.5) is 4.79 Å². The van der Waals surface area contributed by atoms with Crippen LogP contribution in [0.5, 0.6) is 5.75 Å². The number of aliphatic hydroxyl groups is 4. The smallest absolute Gasteiger partial charge is 0.408 e. The molecule has 1 aromatic rings. The number of esters is 1. The molecule has 2 rings (SSSR count). The Bertz CT molecular complexity index is 930. The van der Waals surface area contributed by atoms with Crippen LogP contribution >= 0.6 is 0 Å². The van der Waals surface area contributed by atoms with Gasteiger partial charge in [-0.25, -0.2) is 9.59 Å². The predicted octanol–water partition coefficient (Wildman–Crippen LogP) is -1.79. The molecule has 0 aromatic heterocycles. The Morgan fingerprint density at radius 2 is 1.83 bits per heavy atom. The molecule has 36 heavy (non-hydrogen) atoms. The lowest BCUT2D eigenvalue weighted by Gasteiger charge is -2.39. The average molecular weight is 512 g/mol. The number of rotatable bonds is 12. The molecule has 0 radical (unpaired) electrons. The number of ketones is 1. The van der Waals surface area contributed by atoms with Gasteiger partial charge < -0.3 is 44.7 Å². The number of hydrogen-bond donors (Lipinski definition) is 5. The van der Waals surface area contributed by atoms with Gasteiger partial charge in [-0.15, -0.1) is 4.67 Å². The third-order valence-corrected chi connectivity index (χ3v) is 5.17. The minimum absolute atomic E-state index is 0.0111. The summed E-state index contributed by atoms with van der Waals surface area (Å²) >= 11 is 0. The number of amides is 1. The summed E-state index contributed by atoms with van der Waals surface area (Å²) in [5, 5.41) is 41.3. The minimum atomic E-state index is -1.57. The van der Waals surface area contributed by atoms with Crippen molar-refractivity contribution >= 4 is 30.8 Å². The van der Waals surface area contributed by atoms with E-state index in [4.69, 9.17) is 18.9 Å². The molecule has 13 nitrogen and oxygen atoms in total. The first-order valence-corrected chi connectivity index (χ1v) is 11.2. The van der Waals surface area contributed by atoms with Crippen molar-refractivity contribution in [2.45, 2.75) is 63.1 Å². The standard InChI is InChI=1S/C23H30N2O11/c1-3-33-21(31)16(9-6-14(27)10-24-2)25-23(32)34-12-13-4-7-15(8-5-13)35-22-20(30)19(29)18(28)17(11-26)36-22/h4-5,7-8,10,16-20,22,26,28-30H,2-3,6,9,11-12H2,1H3/p+1/t16-,17+,18+,19-,20+,22+/m0/s1. The summed E-state index contributed by atoms with van der Waals surface area (Å²) in [6.45, 7) is 4.15. The van der Waals surface area contributed by atoms with E-state index < -0.39 is 55.4 Å². The highest BCUT2D eigenvalue weighted by atomic mass is 16.7. The van der Waals surface area contributed by atoms with E-state index in [1.54, 1.807) is 19.1 Å². The Hall–Kier alpha value is -3.32. The lowest BCUT2D eigenvalue weighted by atomic mass is 9.99. The fourth-order valence-electron chi connectivity index (χ4n) is 3.24. The molecule has 1 fully saturated rings. The highest BCUT2D eigenvalue weighted by Crippen LogP contribution is 2.24. The quantitative estimate of drug-likeness (QED) is 0.121. The molecule has 198 valence electrons. The Morgan fingerprint density at radius 1 is 1.14 bits per heavy atom. The van der Waals surface area contributed by atoms with Gasteiger partial charge in [-0.2, -0.15) is 0 Å². The van der Waals surface area contributed by atoms with E-state index in [0.717, 1.165) is 6.21 Å². The topological polar surface area (TPSA) is 195 Å². The number of benzene rings is 1. The molecule has 0 bridgehead atoms. The molecule has 6 atom stereocenters. The average Bonchev–Trinajstić information content (AvgIpc) is 2.86. The summed E-state index contributed by atoms with van der Waals surface area (Å²) in [7, 11) is 0. The molecule has 0 saturated carbocycles. The lowest BCUT2D eigenvalue weighted by molar-refractivity contribution is -0.277. The van der Waals surface area contributed by atoms with Crippen molar-refractivity contribution in [3.63, 3.8) is 0 Å². The van der Waals surface area contributed by atoms with Crippen LogP contribution in [0.1, 0.15) is 25.3 Å². The fraction of sp³-hybridized carbons (Fsp3) is 0.522. The summed E-state index contributed by atoms with van der Waals surface area (Å²) in [5.41, 5.74) is 0.556. The van der Waals surface area contributed by atoms with Gasteiger partial charge in [0, 0.05) is 6.42 Å². The van der Waals surface area contributed by atoms with Crippen molar-refractivity contribution in [1.29, 1.82) is 0 Å². The highest BCUT2D eigenvalue weighted by molar-refractivity contribution is 6.27. The molecule has 1 aliphatic heterocycles. The number of Topliss-reactive ketones (excluding diaryl/α,β-unsaturated/α-hetero) is 1. The normalized spacial score (nSPS) is 24.1. The second-order valence-corrected chi connectivity index (χ2v) is 7.80. The second kappa shape index (κ2) is 14.3. The summed E-state index contributed by atoms with van der Waals surface area (Å²) in [6, 6.07) is 5.03. The molecule has 13 heteroatoms. The molecule has 1 aromatic carbocycles. The molecule has 0 unspecified atom stereocenters. The van der Waals surface area contributed by atoms with Crippen molar-refractivity contribution in [2.75, 3.05) is 13.2 Å². The van der Waals surface area contributed by atoms with Crippen LogP contribution in [-0.2, 0) is 30.4 Å². The van der Waals surface area contributed by atoms with Gasteiger partial charge in [0.25, 0.3) is 6.72 Å². The van der Waals surface area contributed by atoms with Crippen molar-refractivity contribution in [2.24, 2.45) is 0 Å². The van der Waals surface area contributed by atoms with E-state index in [1.807, 2.05) is 0 Å². The van der Waals surface area contributed by atoms with Gasteiger partial charge >= 0.3 is 18.3 Å². The molecule has 0 spiro atoms. The molecule has 5 N–H and O–H groups in total.